The molecule has 0 aromatic heterocycles. The zero-order valence-electron chi connectivity index (χ0n) is 26.0. The van der Waals surface area contributed by atoms with E-state index in [1.165, 1.54) is 24.5 Å². The van der Waals surface area contributed by atoms with Crippen molar-refractivity contribution in [3.05, 3.63) is 48.3 Å². The van der Waals surface area contributed by atoms with Gasteiger partial charge in [-0.2, -0.15) is 0 Å². The molecule has 0 radical (unpaired) electrons. The lowest BCUT2D eigenvalue weighted by molar-refractivity contribution is -0.340. The maximum absolute atomic E-state index is 13.1. The van der Waals surface area contributed by atoms with Gasteiger partial charge in [0, 0.05) is 18.8 Å². The van der Waals surface area contributed by atoms with E-state index in [2.05, 4.69) is 6.58 Å². The maximum Gasteiger partial charge on any atom is 0.342 e. The molecule has 13 unspecified atom stereocenters. The minimum Gasteiger partial charge on any atom is -0.504 e. The molecule has 4 heterocycles. The molecule has 3 fully saturated rings. The number of rotatable bonds is 10. The molecule has 1 aromatic carbocycles. The lowest BCUT2D eigenvalue weighted by atomic mass is 9.81. The molecule has 5 rings (SSSR count). The molecule has 1 aromatic rings. The van der Waals surface area contributed by atoms with Crippen molar-refractivity contribution in [3.8, 4) is 11.5 Å². The minimum atomic E-state index is -1.80. The van der Waals surface area contributed by atoms with Gasteiger partial charge in [0.05, 0.1) is 25.0 Å². The maximum atomic E-state index is 13.1. The van der Waals surface area contributed by atoms with Crippen LogP contribution in [0.15, 0.2) is 42.7 Å². The Labute approximate surface area is 278 Å². The van der Waals surface area contributed by atoms with E-state index in [1.54, 1.807) is 0 Å². The molecule has 0 amide bonds. The molecule has 7 N–H and O–H groups in total. The summed E-state index contributed by atoms with van der Waals surface area (Å²) in [6, 6.07) is 3.64. The number of ether oxygens (including phenoxy) is 8. The number of phenolic OH excluding ortho intramolecular Hbond substituents is 1. The summed E-state index contributed by atoms with van der Waals surface area (Å²) in [6.07, 6.45) is -14.3. The third-order valence-electron chi connectivity index (χ3n) is 8.58. The van der Waals surface area contributed by atoms with Crippen LogP contribution in [0.1, 0.15) is 23.7 Å². The first kappa shape index (κ1) is 36.4. The first-order chi connectivity index (χ1) is 23.4. The number of aliphatic hydroxyl groups is 6. The Bertz CT molecular complexity index is 1410. The first-order valence-electron chi connectivity index (χ1n) is 15.3. The zero-order chi connectivity index (χ0) is 35.6. The standard InChI is InChI=1S/C31H38O18/c1-3-13-14-7-8-42-28(41)16(14)10-44-29(13)49-31-25(39)23(37)26(45-12(2)33)19(48-31)11-43-27(40)15-5-4-6-17(20(15)34)46-30-24(38)22(36)21(35)18(9-32)47-30/h3-6,10,13-14,18-19,21-26,29-32,34-39H,1,7-9,11H2,2H3. The highest BCUT2D eigenvalue weighted by Gasteiger charge is 2.51. The minimum absolute atomic E-state index is 0.162. The predicted molar refractivity (Wildman–Crippen MR) is 156 cm³/mol. The van der Waals surface area contributed by atoms with Crippen LogP contribution in [-0.4, -0.2) is 141 Å². The topological polar surface area (TPSA) is 267 Å². The first-order valence-corrected chi connectivity index (χ1v) is 15.3. The Morgan fingerprint density at radius 2 is 1.69 bits per heavy atom. The van der Waals surface area contributed by atoms with Gasteiger partial charge in [0.2, 0.25) is 12.6 Å². The smallest absolute Gasteiger partial charge is 0.342 e. The fourth-order valence-electron chi connectivity index (χ4n) is 5.95. The molecule has 3 saturated heterocycles. The van der Waals surface area contributed by atoms with Crippen molar-refractivity contribution < 1.29 is 88.0 Å². The summed E-state index contributed by atoms with van der Waals surface area (Å²) in [6.45, 7) is 3.57. The van der Waals surface area contributed by atoms with Crippen molar-refractivity contribution >= 4 is 17.9 Å². The lowest BCUT2D eigenvalue weighted by Crippen LogP contribution is -2.61. The van der Waals surface area contributed by atoms with E-state index < -0.39 is 122 Å². The average Bonchev–Trinajstić information content (AvgIpc) is 3.08. The number of aromatic hydroxyl groups is 1. The molecule has 18 heteroatoms. The van der Waals surface area contributed by atoms with Crippen molar-refractivity contribution in [2.24, 2.45) is 11.8 Å². The van der Waals surface area contributed by atoms with E-state index in [9.17, 15) is 50.1 Å². The Hall–Kier alpha value is -3.85. The van der Waals surface area contributed by atoms with Gasteiger partial charge in [-0.05, 0) is 18.6 Å². The second kappa shape index (κ2) is 15.4. The number of para-hydroxylation sites is 1. The Morgan fingerprint density at radius 1 is 0.980 bits per heavy atom. The summed E-state index contributed by atoms with van der Waals surface area (Å²) in [7, 11) is 0. The van der Waals surface area contributed by atoms with Gasteiger partial charge in [0.25, 0.3) is 0 Å². The van der Waals surface area contributed by atoms with E-state index in [0.717, 1.165) is 13.0 Å². The van der Waals surface area contributed by atoms with Gasteiger partial charge in [0.1, 0.15) is 54.9 Å². The molecule has 0 spiro atoms. The molecular weight excluding hydrogens is 660 g/mol. The van der Waals surface area contributed by atoms with E-state index in [0.29, 0.717) is 6.42 Å². The van der Waals surface area contributed by atoms with Crippen molar-refractivity contribution in [2.45, 2.75) is 81.0 Å². The number of carbonyl (C=O) groups is 3. The van der Waals surface area contributed by atoms with Gasteiger partial charge in [-0.1, -0.05) is 12.1 Å². The molecule has 13 atom stereocenters. The fourth-order valence-corrected chi connectivity index (χ4v) is 5.95. The lowest BCUT2D eigenvalue weighted by Gasteiger charge is -2.44. The Morgan fingerprint density at radius 3 is 2.39 bits per heavy atom. The molecule has 0 bridgehead atoms. The zero-order valence-corrected chi connectivity index (χ0v) is 26.0. The molecule has 0 saturated carbocycles. The molecular formula is C31H38O18. The van der Waals surface area contributed by atoms with Crippen LogP contribution < -0.4 is 4.74 Å². The third kappa shape index (κ3) is 7.52. The molecule has 4 aliphatic heterocycles. The predicted octanol–water partition coefficient (Wildman–Crippen LogP) is -2.27. The summed E-state index contributed by atoms with van der Waals surface area (Å²) in [5.74, 6) is -4.68. The van der Waals surface area contributed by atoms with Gasteiger partial charge >= 0.3 is 17.9 Å². The van der Waals surface area contributed by atoms with Crippen molar-refractivity contribution in [1.82, 2.24) is 0 Å². The summed E-state index contributed by atoms with van der Waals surface area (Å²) < 4.78 is 43.6. The van der Waals surface area contributed by atoms with Gasteiger partial charge in [-0.15, -0.1) is 6.58 Å². The van der Waals surface area contributed by atoms with Crippen LogP contribution in [0.2, 0.25) is 0 Å². The average molecular weight is 699 g/mol. The third-order valence-corrected chi connectivity index (χ3v) is 8.58. The van der Waals surface area contributed by atoms with Crippen molar-refractivity contribution in [2.75, 3.05) is 19.8 Å². The highest BCUT2D eigenvalue weighted by atomic mass is 16.8. The second-order valence-electron chi connectivity index (χ2n) is 11.7. The van der Waals surface area contributed by atoms with Gasteiger partial charge in [-0.3, -0.25) is 4.79 Å². The SMILES string of the molecule is C=CC1C(OC2OC(COC(=O)c3cccc(OC4OC(CO)C(O)C(O)C4O)c3O)C(OC(C)=O)C(O)C2O)OC=C2C(=O)OCCC21. The summed E-state index contributed by atoms with van der Waals surface area (Å²) >= 11 is 0. The largest absolute Gasteiger partial charge is 0.504 e. The number of benzene rings is 1. The van der Waals surface area contributed by atoms with E-state index in [4.69, 9.17) is 37.9 Å². The van der Waals surface area contributed by atoms with Crippen LogP contribution >= 0.6 is 0 Å². The van der Waals surface area contributed by atoms with E-state index in [-0.39, 0.29) is 18.1 Å². The van der Waals surface area contributed by atoms with Crippen LogP contribution in [0.25, 0.3) is 0 Å². The number of fused-ring (bicyclic) bond motifs is 1. The van der Waals surface area contributed by atoms with Crippen LogP contribution in [0.4, 0.5) is 0 Å². The van der Waals surface area contributed by atoms with Crippen molar-refractivity contribution in [1.29, 1.82) is 0 Å². The highest BCUT2D eigenvalue weighted by molar-refractivity contribution is 5.93. The summed E-state index contributed by atoms with van der Waals surface area (Å²) in [5, 5.41) is 72.3. The molecule has 49 heavy (non-hydrogen) atoms. The van der Waals surface area contributed by atoms with E-state index in [1.807, 2.05) is 0 Å². The quantitative estimate of drug-likeness (QED) is 0.0771. The molecule has 0 aliphatic carbocycles. The molecule has 18 nitrogen and oxygen atoms in total. The van der Waals surface area contributed by atoms with Gasteiger partial charge in [-0.25, -0.2) is 9.59 Å². The van der Waals surface area contributed by atoms with Crippen LogP contribution in [0, 0.1) is 11.8 Å². The fraction of sp³-hybridized carbons (Fsp3) is 0.581. The van der Waals surface area contributed by atoms with Crippen LogP contribution in [0.5, 0.6) is 11.5 Å². The molecule has 4 aliphatic rings. The number of phenols is 1. The number of hydrogen-bond donors (Lipinski definition) is 7. The Balaban J connectivity index is 1.29. The van der Waals surface area contributed by atoms with E-state index >= 15 is 0 Å². The number of esters is 3. The summed E-state index contributed by atoms with van der Waals surface area (Å²) in [5.41, 5.74) is -0.167. The van der Waals surface area contributed by atoms with Crippen LogP contribution in [-0.2, 0) is 42.7 Å². The van der Waals surface area contributed by atoms with Gasteiger partial charge in [0.15, 0.2) is 23.9 Å². The van der Waals surface area contributed by atoms with Crippen LogP contribution in [0.3, 0.4) is 0 Å². The van der Waals surface area contributed by atoms with Crippen molar-refractivity contribution in [3.63, 3.8) is 0 Å². The monoisotopic (exact) mass is 698 g/mol. The Kier molecular flexibility index (Phi) is 11.4. The van der Waals surface area contributed by atoms with Gasteiger partial charge < -0.3 is 73.6 Å². The summed E-state index contributed by atoms with van der Waals surface area (Å²) in [4.78, 5) is 37.1. The number of carbonyl (C=O) groups excluding carboxylic acids is 3. The molecule has 270 valence electrons. The number of cyclic esters (lactones) is 1. The second-order valence-corrected chi connectivity index (χ2v) is 11.7. The number of hydrogen-bond acceptors (Lipinski definition) is 18. The highest BCUT2D eigenvalue weighted by Crippen LogP contribution is 2.39. The number of aliphatic hydroxyl groups excluding tert-OH is 6. The normalized spacial score (nSPS) is 37.4.